The predicted molar refractivity (Wildman–Crippen MR) is 98.8 cm³/mol. The van der Waals surface area contributed by atoms with Crippen molar-refractivity contribution >= 4 is 17.7 Å². The summed E-state index contributed by atoms with van der Waals surface area (Å²) in [7, 11) is 1.69. The molecule has 3 rings (SSSR count). The Bertz CT molecular complexity index is 744. The van der Waals surface area contributed by atoms with Crippen molar-refractivity contribution in [3.8, 4) is 5.75 Å². The summed E-state index contributed by atoms with van der Waals surface area (Å²) in [6, 6.07) is 14.9. The Kier molecular flexibility index (Phi) is 5.14. The third kappa shape index (κ3) is 3.44. The maximum Gasteiger partial charge on any atom is 0.219 e. The van der Waals surface area contributed by atoms with Crippen LogP contribution in [-0.2, 0) is 17.6 Å². The molecule has 3 nitrogen and oxygen atoms in total. The molecule has 0 N–H and O–H groups in total. The number of hydrogen-bond donors (Lipinski definition) is 0. The monoisotopic (exact) mass is 341 g/mol. The van der Waals surface area contributed by atoms with Crippen LogP contribution in [-0.4, -0.2) is 30.7 Å². The van der Waals surface area contributed by atoms with Crippen molar-refractivity contribution in [2.24, 2.45) is 0 Å². The third-order valence-corrected chi connectivity index (χ3v) is 5.43. The molecule has 0 fully saturated rings. The van der Waals surface area contributed by atoms with Gasteiger partial charge in [-0.2, -0.15) is 0 Å². The van der Waals surface area contributed by atoms with Crippen LogP contribution in [0.1, 0.15) is 29.7 Å². The number of rotatable bonds is 3. The second kappa shape index (κ2) is 7.31. The van der Waals surface area contributed by atoms with Gasteiger partial charge in [0.2, 0.25) is 5.91 Å². The molecule has 4 heteroatoms. The highest BCUT2D eigenvalue weighted by Crippen LogP contribution is 2.33. The lowest BCUT2D eigenvalue weighted by Crippen LogP contribution is -2.34. The molecule has 1 unspecified atom stereocenters. The van der Waals surface area contributed by atoms with E-state index in [4.69, 9.17) is 4.74 Å². The normalized spacial score (nSPS) is 17.1. The standard InChI is InChI=1S/C20H23NO2S/c1-14(22)21-10-9-15-7-8-18(23-2)11-17(15)13-20(21)16-5-4-6-19(12-16)24-3/h4-8,11-12,20H,9-10,13H2,1-3H3. The Morgan fingerprint density at radius 2 is 2.04 bits per heavy atom. The van der Waals surface area contributed by atoms with E-state index in [9.17, 15) is 4.79 Å². The van der Waals surface area contributed by atoms with Crippen LogP contribution >= 0.6 is 11.8 Å². The number of methoxy groups -OCH3 is 1. The molecule has 2 aromatic rings. The van der Waals surface area contributed by atoms with Gasteiger partial charge in [-0.1, -0.05) is 18.2 Å². The van der Waals surface area contributed by atoms with Crippen LogP contribution in [0.2, 0.25) is 0 Å². The van der Waals surface area contributed by atoms with Crippen LogP contribution in [0.15, 0.2) is 47.4 Å². The van der Waals surface area contributed by atoms with Gasteiger partial charge in [0.15, 0.2) is 0 Å². The average Bonchev–Trinajstić information content (AvgIpc) is 2.80. The quantitative estimate of drug-likeness (QED) is 0.787. The van der Waals surface area contributed by atoms with E-state index in [-0.39, 0.29) is 11.9 Å². The second-order valence-electron chi connectivity index (χ2n) is 6.09. The Morgan fingerprint density at radius 3 is 2.75 bits per heavy atom. The molecule has 0 radical (unpaired) electrons. The van der Waals surface area contributed by atoms with Crippen molar-refractivity contribution in [2.75, 3.05) is 19.9 Å². The summed E-state index contributed by atoms with van der Waals surface area (Å²) in [5.74, 6) is 1.01. The van der Waals surface area contributed by atoms with Gasteiger partial charge in [-0.15, -0.1) is 11.8 Å². The molecule has 24 heavy (non-hydrogen) atoms. The maximum absolute atomic E-state index is 12.3. The minimum atomic E-state index is 0.0722. The zero-order valence-corrected chi connectivity index (χ0v) is 15.2. The average molecular weight is 341 g/mol. The fourth-order valence-electron chi connectivity index (χ4n) is 3.40. The molecule has 0 spiro atoms. The highest BCUT2D eigenvalue weighted by atomic mass is 32.2. The van der Waals surface area contributed by atoms with Gasteiger partial charge < -0.3 is 9.64 Å². The molecule has 0 bridgehead atoms. The van der Waals surface area contributed by atoms with E-state index in [2.05, 4.69) is 42.7 Å². The van der Waals surface area contributed by atoms with Gasteiger partial charge in [0.25, 0.3) is 0 Å². The molecule has 0 saturated carbocycles. The Morgan fingerprint density at radius 1 is 1.21 bits per heavy atom. The lowest BCUT2D eigenvalue weighted by Gasteiger charge is -2.30. The summed E-state index contributed by atoms with van der Waals surface area (Å²) in [6.07, 6.45) is 3.79. The number of nitrogens with zero attached hydrogens (tertiary/aromatic N) is 1. The number of ether oxygens (including phenoxy) is 1. The van der Waals surface area contributed by atoms with E-state index in [1.165, 1.54) is 21.6 Å². The SMILES string of the molecule is COc1ccc2c(c1)CC(c1cccc(SC)c1)N(C(C)=O)CC2. The number of carbonyl (C=O) groups is 1. The topological polar surface area (TPSA) is 29.5 Å². The summed E-state index contributed by atoms with van der Waals surface area (Å²) in [4.78, 5) is 15.5. The van der Waals surface area contributed by atoms with Crippen LogP contribution in [0, 0.1) is 0 Å². The van der Waals surface area contributed by atoms with Crippen molar-refractivity contribution in [3.63, 3.8) is 0 Å². The van der Waals surface area contributed by atoms with Crippen molar-refractivity contribution in [1.82, 2.24) is 4.90 Å². The molecule has 1 heterocycles. The van der Waals surface area contributed by atoms with Gasteiger partial charge in [-0.25, -0.2) is 0 Å². The van der Waals surface area contributed by atoms with E-state index in [1.54, 1.807) is 25.8 Å². The Labute approximate surface area is 148 Å². The number of thioether (sulfide) groups is 1. The minimum absolute atomic E-state index is 0.0722. The van der Waals surface area contributed by atoms with E-state index < -0.39 is 0 Å². The highest BCUT2D eigenvalue weighted by Gasteiger charge is 2.27. The molecule has 0 aromatic heterocycles. The van der Waals surface area contributed by atoms with Crippen molar-refractivity contribution in [2.45, 2.75) is 30.7 Å². The molecule has 1 aliphatic heterocycles. The van der Waals surface area contributed by atoms with E-state index >= 15 is 0 Å². The van der Waals surface area contributed by atoms with Gasteiger partial charge in [0.1, 0.15) is 5.75 Å². The van der Waals surface area contributed by atoms with Crippen molar-refractivity contribution in [1.29, 1.82) is 0 Å². The number of carbonyl (C=O) groups excluding carboxylic acids is 1. The molecule has 1 amide bonds. The van der Waals surface area contributed by atoms with Crippen molar-refractivity contribution in [3.05, 3.63) is 59.2 Å². The first-order valence-electron chi connectivity index (χ1n) is 8.19. The third-order valence-electron chi connectivity index (χ3n) is 4.71. The second-order valence-corrected chi connectivity index (χ2v) is 6.97. The van der Waals surface area contributed by atoms with Gasteiger partial charge in [-0.3, -0.25) is 4.79 Å². The van der Waals surface area contributed by atoms with Crippen LogP contribution in [0.3, 0.4) is 0 Å². The number of benzene rings is 2. The fraction of sp³-hybridized carbons (Fsp3) is 0.350. The smallest absolute Gasteiger partial charge is 0.219 e. The molecule has 0 aliphatic carbocycles. The molecule has 1 aliphatic rings. The summed E-state index contributed by atoms with van der Waals surface area (Å²) >= 11 is 1.73. The fourth-order valence-corrected chi connectivity index (χ4v) is 3.87. The first kappa shape index (κ1) is 16.9. The first-order valence-corrected chi connectivity index (χ1v) is 9.42. The van der Waals surface area contributed by atoms with E-state index in [0.717, 1.165) is 25.1 Å². The van der Waals surface area contributed by atoms with Gasteiger partial charge in [-0.05, 0) is 60.1 Å². The minimum Gasteiger partial charge on any atom is -0.497 e. The van der Waals surface area contributed by atoms with E-state index in [1.807, 2.05) is 11.0 Å². The summed E-state index contributed by atoms with van der Waals surface area (Å²) in [5.41, 5.74) is 3.79. The zero-order valence-electron chi connectivity index (χ0n) is 14.4. The largest absolute Gasteiger partial charge is 0.497 e. The number of fused-ring (bicyclic) bond motifs is 1. The first-order chi connectivity index (χ1) is 11.6. The molecule has 126 valence electrons. The number of amides is 1. The molecule has 2 aromatic carbocycles. The van der Waals surface area contributed by atoms with Crippen LogP contribution in [0.4, 0.5) is 0 Å². The highest BCUT2D eigenvalue weighted by molar-refractivity contribution is 7.98. The van der Waals surface area contributed by atoms with E-state index in [0.29, 0.717) is 0 Å². The van der Waals surface area contributed by atoms with Crippen LogP contribution in [0.25, 0.3) is 0 Å². The summed E-state index contributed by atoms with van der Waals surface area (Å²) in [5, 5.41) is 0. The Hall–Kier alpha value is -1.94. The summed E-state index contributed by atoms with van der Waals surface area (Å²) in [6.45, 7) is 2.42. The molecule has 0 saturated heterocycles. The van der Waals surface area contributed by atoms with Gasteiger partial charge in [0, 0.05) is 18.4 Å². The number of hydrogen-bond acceptors (Lipinski definition) is 3. The lowest BCUT2D eigenvalue weighted by atomic mass is 9.95. The van der Waals surface area contributed by atoms with Gasteiger partial charge >= 0.3 is 0 Å². The van der Waals surface area contributed by atoms with Crippen LogP contribution in [0.5, 0.6) is 5.75 Å². The molecular weight excluding hydrogens is 318 g/mol. The van der Waals surface area contributed by atoms with Gasteiger partial charge in [0.05, 0.1) is 13.2 Å². The predicted octanol–water partition coefficient (Wildman–Crippen LogP) is 4.11. The Balaban J connectivity index is 2.03. The van der Waals surface area contributed by atoms with Crippen LogP contribution < -0.4 is 4.74 Å². The lowest BCUT2D eigenvalue weighted by molar-refractivity contribution is -0.131. The zero-order chi connectivity index (χ0) is 17.1. The molecule has 1 atom stereocenters. The maximum atomic E-state index is 12.3. The van der Waals surface area contributed by atoms with Crippen molar-refractivity contribution < 1.29 is 9.53 Å². The summed E-state index contributed by atoms with van der Waals surface area (Å²) < 4.78 is 5.39. The molecular formula is C20H23NO2S.